The molecule has 0 bridgehead atoms. The quantitative estimate of drug-likeness (QED) is 0.940. The molecule has 1 aliphatic heterocycles. The third kappa shape index (κ3) is 3.28. The van der Waals surface area contributed by atoms with Crippen LogP contribution in [0.3, 0.4) is 0 Å². The molecular weight excluding hydrogens is 298 g/mol. The van der Waals surface area contributed by atoms with Gasteiger partial charge in [-0.05, 0) is 13.1 Å². The summed E-state index contributed by atoms with van der Waals surface area (Å²) >= 11 is 1.57. The molecule has 22 heavy (non-hydrogen) atoms. The lowest BCUT2D eigenvalue weighted by Gasteiger charge is -2.20. The second kappa shape index (κ2) is 6.46. The van der Waals surface area contributed by atoms with Crippen molar-refractivity contribution in [1.29, 1.82) is 0 Å². The summed E-state index contributed by atoms with van der Waals surface area (Å²) in [4.78, 5) is 20.3. The highest BCUT2D eigenvalue weighted by molar-refractivity contribution is 7.15. The van der Waals surface area contributed by atoms with E-state index in [0.717, 1.165) is 36.5 Å². The van der Waals surface area contributed by atoms with E-state index in [2.05, 4.69) is 22.2 Å². The second-order valence-corrected chi connectivity index (χ2v) is 6.50. The van der Waals surface area contributed by atoms with Crippen LogP contribution in [0.2, 0.25) is 0 Å². The van der Waals surface area contributed by atoms with Gasteiger partial charge in [-0.25, -0.2) is 4.98 Å². The first-order chi connectivity index (χ1) is 10.7. The van der Waals surface area contributed by atoms with Crippen molar-refractivity contribution in [2.45, 2.75) is 19.4 Å². The Balaban J connectivity index is 1.67. The first-order valence-corrected chi connectivity index (χ1v) is 8.06. The largest absolute Gasteiger partial charge is 0.496 e. The molecule has 0 atom stereocenters. The van der Waals surface area contributed by atoms with Crippen LogP contribution in [0.5, 0.6) is 5.75 Å². The molecule has 0 saturated carbocycles. The van der Waals surface area contributed by atoms with E-state index in [0.29, 0.717) is 5.13 Å². The fraction of sp³-hybridized carbons (Fsp3) is 0.375. The number of carbonyl (C=O) groups is 1. The number of hydrogen-bond donors (Lipinski definition) is 1. The van der Waals surface area contributed by atoms with Gasteiger partial charge in [-0.3, -0.25) is 4.79 Å². The first kappa shape index (κ1) is 15.0. The molecule has 0 saturated heterocycles. The van der Waals surface area contributed by atoms with Crippen molar-refractivity contribution in [2.24, 2.45) is 0 Å². The van der Waals surface area contributed by atoms with E-state index in [4.69, 9.17) is 4.74 Å². The molecule has 0 radical (unpaired) electrons. The fourth-order valence-electron chi connectivity index (χ4n) is 2.56. The summed E-state index contributed by atoms with van der Waals surface area (Å²) in [6.07, 6.45) is 1.23. The van der Waals surface area contributed by atoms with E-state index >= 15 is 0 Å². The molecule has 1 aromatic heterocycles. The highest BCUT2D eigenvalue weighted by Crippen LogP contribution is 2.28. The van der Waals surface area contributed by atoms with Crippen LogP contribution >= 0.6 is 11.3 Å². The van der Waals surface area contributed by atoms with Gasteiger partial charge in [0, 0.05) is 30.0 Å². The number of benzene rings is 1. The average Bonchev–Trinajstić information content (AvgIpc) is 2.88. The van der Waals surface area contributed by atoms with Gasteiger partial charge in [0.2, 0.25) is 5.91 Å². The number of amides is 1. The lowest BCUT2D eigenvalue weighted by atomic mass is 10.1. The smallest absolute Gasteiger partial charge is 0.230 e. The van der Waals surface area contributed by atoms with Crippen molar-refractivity contribution in [3.8, 4) is 5.75 Å². The van der Waals surface area contributed by atoms with Gasteiger partial charge in [-0.15, -0.1) is 11.3 Å². The molecule has 5 nitrogen and oxygen atoms in total. The molecule has 1 amide bonds. The molecule has 2 aromatic rings. The highest BCUT2D eigenvalue weighted by Gasteiger charge is 2.19. The van der Waals surface area contributed by atoms with Gasteiger partial charge >= 0.3 is 0 Å². The average molecular weight is 317 g/mol. The number of hydrogen-bond acceptors (Lipinski definition) is 5. The lowest BCUT2D eigenvalue weighted by Crippen LogP contribution is -2.25. The molecule has 0 spiro atoms. The number of carbonyl (C=O) groups excluding carboxylic acids is 1. The molecule has 2 heterocycles. The summed E-state index contributed by atoms with van der Waals surface area (Å²) in [5.41, 5.74) is 2.00. The Morgan fingerprint density at radius 3 is 3.09 bits per heavy atom. The molecule has 1 aromatic carbocycles. The van der Waals surface area contributed by atoms with Gasteiger partial charge in [-0.1, -0.05) is 18.2 Å². The normalized spacial score (nSPS) is 14.5. The molecule has 0 aliphatic carbocycles. The summed E-state index contributed by atoms with van der Waals surface area (Å²) in [6, 6.07) is 7.56. The Morgan fingerprint density at radius 2 is 2.27 bits per heavy atom. The number of fused-ring (bicyclic) bond motifs is 1. The number of anilines is 1. The zero-order valence-corrected chi connectivity index (χ0v) is 13.6. The zero-order valence-electron chi connectivity index (χ0n) is 12.8. The minimum atomic E-state index is -0.0658. The minimum absolute atomic E-state index is 0.0658. The van der Waals surface area contributed by atoms with Gasteiger partial charge in [0.25, 0.3) is 0 Å². The van der Waals surface area contributed by atoms with E-state index in [9.17, 15) is 4.79 Å². The lowest BCUT2D eigenvalue weighted by molar-refractivity contribution is -0.115. The topological polar surface area (TPSA) is 54.5 Å². The number of ether oxygens (including phenoxy) is 1. The van der Waals surface area contributed by atoms with Gasteiger partial charge < -0.3 is 15.0 Å². The van der Waals surface area contributed by atoms with E-state index < -0.39 is 0 Å². The van der Waals surface area contributed by atoms with Crippen LogP contribution in [0.4, 0.5) is 5.13 Å². The van der Waals surface area contributed by atoms with Crippen molar-refractivity contribution in [3.05, 3.63) is 40.4 Å². The molecular formula is C16H19N3O2S. The molecule has 6 heteroatoms. The minimum Gasteiger partial charge on any atom is -0.496 e. The van der Waals surface area contributed by atoms with Crippen molar-refractivity contribution < 1.29 is 9.53 Å². The Labute approximate surface area is 133 Å². The number of nitrogens with one attached hydrogen (secondary N) is 1. The Morgan fingerprint density at radius 1 is 1.45 bits per heavy atom. The van der Waals surface area contributed by atoms with Gasteiger partial charge in [0.15, 0.2) is 5.13 Å². The Kier molecular flexibility index (Phi) is 4.40. The standard InChI is InChI=1S/C16H19N3O2S/c1-19-8-7-12-14(10-19)22-16(17-12)18-15(20)9-11-5-3-4-6-13(11)21-2/h3-6H,7-10H2,1-2H3,(H,17,18,20). The third-order valence-electron chi connectivity index (χ3n) is 3.71. The number of methoxy groups -OCH3 is 1. The SMILES string of the molecule is COc1ccccc1CC(=O)Nc1nc2c(s1)CN(C)CC2. The predicted octanol–water partition coefficient (Wildman–Crippen LogP) is 2.32. The molecule has 3 rings (SSSR count). The number of aromatic nitrogens is 1. The summed E-state index contributed by atoms with van der Waals surface area (Å²) in [7, 11) is 3.71. The number of nitrogens with zero attached hydrogens (tertiary/aromatic N) is 2. The maximum atomic E-state index is 12.2. The van der Waals surface area contributed by atoms with Crippen LogP contribution in [0.1, 0.15) is 16.1 Å². The molecule has 1 N–H and O–H groups in total. The Bertz CT molecular complexity index is 684. The number of thiazole rings is 1. The van der Waals surface area contributed by atoms with Crippen LogP contribution in [-0.2, 0) is 24.2 Å². The molecule has 0 fully saturated rings. The van der Waals surface area contributed by atoms with Gasteiger partial charge in [0.1, 0.15) is 5.75 Å². The Hall–Kier alpha value is -1.92. The van der Waals surface area contributed by atoms with Crippen molar-refractivity contribution in [2.75, 3.05) is 26.0 Å². The monoisotopic (exact) mass is 317 g/mol. The predicted molar refractivity (Wildman–Crippen MR) is 87.5 cm³/mol. The second-order valence-electron chi connectivity index (χ2n) is 5.41. The van der Waals surface area contributed by atoms with Crippen LogP contribution in [0.15, 0.2) is 24.3 Å². The van der Waals surface area contributed by atoms with Crippen molar-refractivity contribution in [1.82, 2.24) is 9.88 Å². The molecule has 0 unspecified atom stereocenters. The molecule has 1 aliphatic rings. The number of rotatable bonds is 4. The maximum Gasteiger partial charge on any atom is 0.230 e. The van der Waals surface area contributed by atoms with E-state index in [1.54, 1.807) is 18.4 Å². The van der Waals surface area contributed by atoms with Crippen LogP contribution in [0.25, 0.3) is 0 Å². The number of likely N-dealkylation sites (N-methyl/N-ethyl adjacent to an activating group) is 1. The highest BCUT2D eigenvalue weighted by atomic mass is 32.1. The van der Waals surface area contributed by atoms with Crippen molar-refractivity contribution in [3.63, 3.8) is 0 Å². The fourth-order valence-corrected chi connectivity index (χ4v) is 3.67. The molecule has 116 valence electrons. The van der Waals surface area contributed by atoms with E-state index in [1.165, 1.54) is 4.88 Å². The van der Waals surface area contributed by atoms with E-state index in [-0.39, 0.29) is 12.3 Å². The first-order valence-electron chi connectivity index (χ1n) is 7.24. The van der Waals surface area contributed by atoms with Crippen LogP contribution < -0.4 is 10.1 Å². The number of para-hydroxylation sites is 1. The van der Waals surface area contributed by atoms with Crippen LogP contribution in [0, 0.1) is 0 Å². The third-order valence-corrected chi connectivity index (χ3v) is 4.71. The summed E-state index contributed by atoms with van der Waals surface area (Å²) in [6.45, 7) is 1.93. The zero-order chi connectivity index (χ0) is 15.5. The van der Waals surface area contributed by atoms with Gasteiger partial charge in [-0.2, -0.15) is 0 Å². The van der Waals surface area contributed by atoms with Gasteiger partial charge in [0.05, 0.1) is 19.2 Å². The van der Waals surface area contributed by atoms with Crippen molar-refractivity contribution >= 4 is 22.4 Å². The summed E-state index contributed by atoms with van der Waals surface area (Å²) < 4.78 is 5.28. The summed E-state index contributed by atoms with van der Waals surface area (Å²) in [5, 5.41) is 3.60. The van der Waals surface area contributed by atoms with Crippen LogP contribution in [-0.4, -0.2) is 36.5 Å². The maximum absolute atomic E-state index is 12.2. The summed E-state index contributed by atoms with van der Waals surface area (Å²) in [5.74, 6) is 0.668. The van der Waals surface area contributed by atoms with E-state index in [1.807, 2.05) is 24.3 Å².